The fraction of sp³-hybridized carbons (Fsp3) is 0.273. The summed E-state index contributed by atoms with van der Waals surface area (Å²) in [4.78, 5) is 8.66. The van der Waals surface area contributed by atoms with E-state index in [9.17, 15) is 0 Å². The monoisotopic (exact) mass is 336 g/mol. The number of aryl methyl sites for hydroxylation is 2. The lowest BCUT2D eigenvalue weighted by atomic mass is 9.96. The van der Waals surface area contributed by atoms with Crippen LogP contribution >= 0.6 is 0 Å². The lowest BCUT2D eigenvalue weighted by Crippen LogP contribution is -1.98. The molecule has 0 aliphatic rings. The first-order chi connectivity index (χ1) is 14.2. The van der Waals surface area contributed by atoms with Crippen LogP contribution in [0.15, 0.2) is 47.0 Å². The second-order valence-electron chi connectivity index (χ2n) is 6.23. The Bertz CT molecular complexity index is 1300. The number of hydrogen-bond donors (Lipinski definition) is 0. The minimum absolute atomic E-state index is 0.0237. The van der Waals surface area contributed by atoms with Crippen LogP contribution in [0.1, 0.15) is 51.7 Å². The average Bonchev–Trinajstić information content (AvgIpc) is 3.02. The number of benzene rings is 1. The van der Waals surface area contributed by atoms with E-state index in [0.29, 0.717) is 27.8 Å². The number of rotatable bonds is 3. The summed E-state index contributed by atoms with van der Waals surface area (Å²) in [5.41, 5.74) is 3.12. The van der Waals surface area contributed by atoms with Crippen LogP contribution in [0.3, 0.4) is 0 Å². The zero-order valence-corrected chi connectivity index (χ0v) is 14.3. The minimum atomic E-state index is -2.31. The van der Waals surface area contributed by atoms with Gasteiger partial charge in [-0.15, -0.1) is 0 Å². The van der Waals surface area contributed by atoms with Gasteiger partial charge in [0, 0.05) is 36.5 Å². The van der Waals surface area contributed by atoms with Crippen molar-refractivity contribution in [1.82, 2.24) is 9.97 Å². The number of furan rings is 1. The minimum Gasteiger partial charge on any atom is -0.438 e. The van der Waals surface area contributed by atoms with Gasteiger partial charge in [0.1, 0.15) is 5.58 Å². The molecule has 0 saturated heterocycles. The average molecular weight is 336 g/mol. The lowest BCUT2D eigenvalue weighted by Gasteiger charge is -2.12. The van der Waals surface area contributed by atoms with Gasteiger partial charge in [0.25, 0.3) is 0 Å². The maximum atomic E-state index is 8.34. The van der Waals surface area contributed by atoms with Gasteiger partial charge >= 0.3 is 0 Å². The number of aromatic nitrogens is 2. The van der Waals surface area contributed by atoms with Gasteiger partial charge in [-0.1, -0.05) is 20.8 Å². The van der Waals surface area contributed by atoms with Gasteiger partial charge in [-0.25, -0.2) is 4.98 Å². The number of nitrogens with zero attached hydrogens (tertiary/aromatic N) is 2. The van der Waals surface area contributed by atoms with Crippen LogP contribution in [0.2, 0.25) is 0 Å². The van der Waals surface area contributed by atoms with Crippen molar-refractivity contribution in [2.75, 3.05) is 0 Å². The molecule has 0 amide bonds. The van der Waals surface area contributed by atoms with Gasteiger partial charge in [0.15, 0.2) is 0 Å². The van der Waals surface area contributed by atoms with Crippen molar-refractivity contribution in [3.05, 3.63) is 59.4 Å². The van der Waals surface area contributed by atoms with Crippen LogP contribution in [-0.4, -0.2) is 9.97 Å². The highest BCUT2D eigenvalue weighted by atomic mass is 16.3. The van der Waals surface area contributed by atoms with Crippen molar-refractivity contribution >= 4 is 22.1 Å². The molecule has 3 nitrogen and oxygen atoms in total. The molecule has 0 spiro atoms. The summed E-state index contributed by atoms with van der Waals surface area (Å²) in [5, 5.41) is 1.46. The molecular formula is C22H22N2O. The van der Waals surface area contributed by atoms with Gasteiger partial charge in [-0.3, -0.25) is 4.98 Å². The summed E-state index contributed by atoms with van der Waals surface area (Å²) in [6.07, 6.45) is -0.0613. The van der Waals surface area contributed by atoms with Crippen molar-refractivity contribution < 1.29 is 12.6 Å². The van der Waals surface area contributed by atoms with E-state index in [1.165, 1.54) is 13.0 Å². The third-order valence-electron chi connectivity index (χ3n) is 4.34. The van der Waals surface area contributed by atoms with Crippen molar-refractivity contribution in [3.63, 3.8) is 0 Å². The Morgan fingerprint density at radius 2 is 2.08 bits per heavy atom. The van der Waals surface area contributed by atoms with E-state index in [1.54, 1.807) is 38.2 Å². The molecule has 3 aromatic heterocycles. The van der Waals surface area contributed by atoms with Crippen LogP contribution in [0.4, 0.5) is 0 Å². The summed E-state index contributed by atoms with van der Waals surface area (Å²) in [7, 11) is 0. The molecule has 126 valence electrons. The summed E-state index contributed by atoms with van der Waals surface area (Å²) < 4.78 is 53.2. The van der Waals surface area contributed by atoms with Gasteiger partial charge in [-0.05, 0) is 66.6 Å². The summed E-state index contributed by atoms with van der Waals surface area (Å²) in [5.74, 6) is -0.985. The van der Waals surface area contributed by atoms with Gasteiger partial charge in [-0.2, -0.15) is 0 Å². The molecule has 0 fully saturated rings. The molecule has 0 atom stereocenters. The predicted molar refractivity (Wildman–Crippen MR) is 103 cm³/mol. The molecular weight excluding hydrogens is 308 g/mol. The standard InChI is InChI=1S/C22H22N2O/c1-5-15-11-20(23-12-19(15)13(2)3)16-7-9-21-18(10-16)17-8-6-14(4)24-22(17)25-21/h6-13H,5H2,1-4H3/i4D3,5D2,13D. The highest BCUT2D eigenvalue weighted by Gasteiger charge is 2.12. The van der Waals surface area contributed by atoms with Crippen LogP contribution in [-0.2, 0) is 6.37 Å². The third-order valence-corrected chi connectivity index (χ3v) is 4.34. The van der Waals surface area contributed by atoms with Gasteiger partial charge < -0.3 is 4.42 Å². The second-order valence-corrected chi connectivity index (χ2v) is 6.23. The second kappa shape index (κ2) is 5.99. The van der Waals surface area contributed by atoms with Crippen molar-refractivity contribution in [2.24, 2.45) is 0 Å². The first-order valence-electron chi connectivity index (χ1n) is 11.1. The van der Waals surface area contributed by atoms with E-state index in [2.05, 4.69) is 9.97 Å². The van der Waals surface area contributed by atoms with E-state index in [4.69, 9.17) is 12.6 Å². The van der Waals surface area contributed by atoms with Gasteiger partial charge in [0.2, 0.25) is 5.71 Å². The molecule has 0 saturated carbocycles. The molecule has 3 heteroatoms. The Morgan fingerprint density at radius 1 is 1.20 bits per heavy atom. The van der Waals surface area contributed by atoms with Crippen molar-refractivity contribution in [2.45, 2.75) is 39.9 Å². The normalized spacial score (nSPS) is 16.8. The Kier molecular flexibility index (Phi) is 2.48. The highest BCUT2D eigenvalue weighted by molar-refractivity contribution is 6.04. The van der Waals surface area contributed by atoms with Crippen LogP contribution < -0.4 is 0 Å². The van der Waals surface area contributed by atoms with Crippen molar-refractivity contribution in [1.29, 1.82) is 0 Å². The summed E-state index contributed by atoms with van der Waals surface area (Å²) in [6, 6.07) is 10.3. The molecule has 25 heavy (non-hydrogen) atoms. The quantitative estimate of drug-likeness (QED) is 0.458. The fourth-order valence-electron chi connectivity index (χ4n) is 3.03. The van der Waals surface area contributed by atoms with Crippen molar-refractivity contribution in [3.8, 4) is 11.3 Å². The van der Waals surface area contributed by atoms with Crippen LogP contribution in [0.5, 0.6) is 0 Å². The molecule has 0 aliphatic heterocycles. The number of fused-ring (bicyclic) bond motifs is 3. The van der Waals surface area contributed by atoms with E-state index in [1.807, 2.05) is 12.1 Å². The van der Waals surface area contributed by atoms with Gasteiger partial charge in [0.05, 0.1) is 5.69 Å². The lowest BCUT2D eigenvalue weighted by molar-refractivity contribution is 0.652. The Labute approximate surface area is 156 Å². The van der Waals surface area contributed by atoms with E-state index in [-0.39, 0.29) is 11.4 Å². The molecule has 0 N–H and O–H groups in total. The summed E-state index contributed by atoms with van der Waals surface area (Å²) in [6.45, 7) is 2.58. The molecule has 1 aromatic carbocycles. The largest absolute Gasteiger partial charge is 0.438 e. The maximum Gasteiger partial charge on any atom is 0.227 e. The fourth-order valence-corrected chi connectivity index (χ4v) is 3.03. The molecule has 4 rings (SSSR count). The number of pyridine rings is 2. The van der Waals surface area contributed by atoms with Crippen LogP contribution in [0.25, 0.3) is 33.3 Å². The smallest absolute Gasteiger partial charge is 0.227 e. The van der Waals surface area contributed by atoms with Crippen LogP contribution in [0, 0.1) is 6.85 Å². The first-order valence-corrected chi connectivity index (χ1v) is 8.10. The molecule has 0 unspecified atom stereocenters. The SMILES string of the molecule is [2H]C([2H])([2H])c1ccc2c(n1)oc1ccc(-c3cc(C([2H])([2H])C)c(C([2H])(C)C)cn3)cc12. The Balaban J connectivity index is 1.88. The zero-order valence-electron chi connectivity index (χ0n) is 20.3. The molecule has 4 aromatic rings. The Hall–Kier alpha value is -2.68. The topological polar surface area (TPSA) is 38.9 Å². The Morgan fingerprint density at radius 3 is 2.84 bits per heavy atom. The molecule has 0 bridgehead atoms. The van der Waals surface area contributed by atoms with E-state index >= 15 is 0 Å². The summed E-state index contributed by atoms with van der Waals surface area (Å²) >= 11 is 0. The maximum absolute atomic E-state index is 8.34. The first kappa shape index (κ1) is 10.3. The predicted octanol–water partition coefficient (Wildman–Crippen LogP) is 6.04. The molecule has 0 radical (unpaired) electrons. The number of hydrogen-bond acceptors (Lipinski definition) is 3. The van der Waals surface area contributed by atoms with E-state index < -0.39 is 19.1 Å². The third kappa shape index (κ3) is 2.70. The van der Waals surface area contributed by atoms with E-state index in [0.717, 1.165) is 10.9 Å². The highest BCUT2D eigenvalue weighted by Crippen LogP contribution is 2.32. The molecule has 3 heterocycles. The molecule has 0 aliphatic carbocycles. The zero-order chi connectivity index (χ0) is 22.8.